The molecule has 1 rings (SSSR count). The van der Waals surface area contributed by atoms with Crippen molar-refractivity contribution in [3.05, 3.63) is 26.0 Å². The van der Waals surface area contributed by atoms with Crippen molar-refractivity contribution in [2.75, 3.05) is 0 Å². The average Bonchev–Trinajstić information content (AvgIpc) is 2.08. The van der Waals surface area contributed by atoms with Crippen LogP contribution in [0.2, 0.25) is 5.15 Å². The van der Waals surface area contributed by atoms with Gasteiger partial charge in [0.25, 0.3) is 6.43 Å². The van der Waals surface area contributed by atoms with Crippen LogP contribution in [-0.2, 0) is 6.61 Å². The van der Waals surface area contributed by atoms with Crippen LogP contribution in [-0.4, -0.2) is 10.1 Å². The lowest BCUT2D eigenvalue weighted by atomic mass is 10.1. The fourth-order valence-corrected chi connectivity index (χ4v) is 1.75. The molecule has 6 heteroatoms. The molecule has 1 aromatic heterocycles. The molecule has 0 saturated carbocycles. The maximum atomic E-state index is 12.5. The minimum absolute atomic E-state index is 0.0353. The summed E-state index contributed by atoms with van der Waals surface area (Å²) in [5.74, 6) is 0. The maximum absolute atomic E-state index is 12.5. The highest BCUT2D eigenvalue weighted by molar-refractivity contribution is 14.1. The third kappa shape index (κ3) is 2.26. The Balaban J connectivity index is 3.32. The van der Waals surface area contributed by atoms with Crippen LogP contribution in [0.15, 0.2) is 6.20 Å². The number of hydrogen-bond acceptors (Lipinski definition) is 2. The third-order valence-corrected chi connectivity index (χ3v) is 3.18. The zero-order valence-electron chi connectivity index (χ0n) is 6.27. The van der Waals surface area contributed by atoms with E-state index in [9.17, 15) is 8.78 Å². The summed E-state index contributed by atoms with van der Waals surface area (Å²) < 4.78 is 25.1. The molecule has 0 aromatic carbocycles. The van der Waals surface area contributed by atoms with Crippen molar-refractivity contribution in [2.24, 2.45) is 0 Å². The fourth-order valence-electron chi connectivity index (χ4n) is 0.875. The van der Waals surface area contributed by atoms with Gasteiger partial charge < -0.3 is 5.11 Å². The van der Waals surface area contributed by atoms with E-state index in [2.05, 4.69) is 4.98 Å². The monoisotopic (exact) mass is 319 g/mol. The number of rotatable bonds is 2. The number of hydrogen-bond donors (Lipinski definition) is 1. The first-order valence-corrected chi connectivity index (χ1v) is 4.75. The molecule has 72 valence electrons. The largest absolute Gasteiger partial charge is 0.392 e. The van der Waals surface area contributed by atoms with Gasteiger partial charge in [0.2, 0.25) is 0 Å². The summed E-state index contributed by atoms with van der Waals surface area (Å²) in [5.41, 5.74) is -0.119. The minimum atomic E-state index is -2.64. The highest BCUT2D eigenvalue weighted by atomic mass is 127. The van der Waals surface area contributed by atoms with Gasteiger partial charge in [0.15, 0.2) is 0 Å². The number of nitrogens with zero attached hydrogens (tertiary/aromatic N) is 1. The summed E-state index contributed by atoms with van der Waals surface area (Å²) in [6.07, 6.45) is -1.49. The van der Waals surface area contributed by atoms with Crippen LogP contribution in [0.3, 0.4) is 0 Å². The third-order valence-electron chi connectivity index (χ3n) is 1.49. The Morgan fingerprint density at radius 2 is 2.23 bits per heavy atom. The van der Waals surface area contributed by atoms with Gasteiger partial charge in [-0.1, -0.05) is 11.6 Å². The van der Waals surface area contributed by atoms with Crippen LogP contribution in [0.25, 0.3) is 0 Å². The summed E-state index contributed by atoms with van der Waals surface area (Å²) in [5, 5.41) is 8.80. The van der Waals surface area contributed by atoms with Crippen LogP contribution in [0.5, 0.6) is 0 Å². The maximum Gasteiger partial charge on any atom is 0.265 e. The Kier molecular flexibility index (Phi) is 3.81. The van der Waals surface area contributed by atoms with Crippen molar-refractivity contribution < 1.29 is 13.9 Å². The van der Waals surface area contributed by atoms with Gasteiger partial charge in [-0.25, -0.2) is 13.8 Å². The molecular formula is C7H5ClF2INO. The lowest BCUT2D eigenvalue weighted by Crippen LogP contribution is -2.00. The number of aromatic nitrogens is 1. The molecule has 0 aliphatic heterocycles. The van der Waals surface area contributed by atoms with Crippen molar-refractivity contribution >= 4 is 34.2 Å². The van der Waals surface area contributed by atoms with Gasteiger partial charge in [0.05, 0.1) is 10.2 Å². The Bertz CT molecular complexity index is 322. The molecule has 0 amide bonds. The lowest BCUT2D eigenvalue weighted by Gasteiger charge is -2.08. The standard InChI is InChI=1S/C7H5ClF2INO/c8-6-5(11)4(7(9)10)3(2-13)1-12-6/h1,7,13H,2H2. The normalized spacial score (nSPS) is 10.9. The molecule has 0 aliphatic rings. The minimum Gasteiger partial charge on any atom is -0.392 e. The number of aliphatic hydroxyl groups excluding tert-OH is 1. The first-order chi connectivity index (χ1) is 6.07. The quantitative estimate of drug-likeness (QED) is 0.672. The molecule has 0 bridgehead atoms. The van der Waals surface area contributed by atoms with E-state index in [0.29, 0.717) is 0 Å². The highest BCUT2D eigenvalue weighted by Gasteiger charge is 2.19. The van der Waals surface area contributed by atoms with Crippen molar-refractivity contribution in [3.8, 4) is 0 Å². The predicted octanol–water partition coefficient (Wildman–Crippen LogP) is 2.77. The summed E-state index contributed by atoms with van der Waals surface area (Å²) in [6.45, 7) is -0.458. The first-order valence-electron chi connectivity index (χ1n) is 3.29. The van der Waals surface area contributed by atoms with Crippen LogP contribution < -0.4 is 0 Å². The molecule has 0 aliphatic carbocycles. The molecule has 0 spiro atoms. The van der Waals surface area contributed by atoms with Crippen LogP contribution in [0.1, 0.15) is 17.6 Å². The Morgan fingerprint density at radius 1 is 1.62 bits per heavy atom. The fraction of sp³-hybridized carbons (Fsp3) is 0.286. The first kappa shape index (κ1) is 11.1. The van der Waals surface area contributed by atoms with Crippen LogP contribution >= 0.6 is 34.2 Å². The molecule has 0 unspecified atom stereocenters. The van der Waals surface area contributed by atoms with E-state index in [1.54, 1.807) is 22.6 Å². The van der Waals surface area contributed by atoms with Gasteiger partial charge in [0, 0.05) is 17.3 Å². The van der Waals surface area contributed by atoms with E-state index in [-0.39, 0.29) is 19.9 Å². The second-order valence-corrected chi connectivity index (χ2v) is 3.70. The molecule has 1 heterocycles. The molecule has 1 N–H and O–H groups in total. The molecule has 0 radical (unpaired) electrons. The SMILES string of the molecule is OCc1cnc(Cl)c(I)c1C(F)F. The topological polar surface area (TPSA) is 33.1 Å². The molecule has 1 aromatic rings. The van der Waals surface area contributed by atoms with Crippen molar-refractivity contribution in [2.45, 2.75) is 13.0 Å². The zero-order valence-corrected chi connectivity index (χ0v) is 9.18. The summed E-state index contributed by atoms with van der Waals surface area (Å²) in [7, 11) is 0. The van der Waals surface area contributed by atoms with Gasteiger partial charge in [0.1, 0.15) is 5.15 Å². The van der Waals surface area contributed by atoms with E-state index < -0.39 is 13.0 Å². The van der Waals surface area contributed by atoms with E-state index in [0.717, 1.165) is 6.20 Å². The van der Waals surface area contributed by atoms with Crippen molar-refractivity contribution in [3.63, 3.8) is 0 Å². The smallest absolute Gasteiger partial charge is 0.265 e. The molecule has 0 saturated heterocycles. The highest BCUT2D eigenvalue weighted by Crippen LogP contribution is 2.31. The number of pyridine rings is 1. The summed E-state index contributed by atoms with van der Waals surface area (Å²) >= 11 is 7.24. The number of alkyl halides is 2. The van der Waals surface area contributed by atoms with E-state index in [1.807, 2.05) is 0 Å². The molecular weight excluding hydrogens is 314 g/mol. The second kappa shape index (κ2) is 4.47. The van der Waals surface area contributed by atoms with Gasteiger partial charge in [-0.3, -0.25) is 0 Å². The van der Waals surface area contributed by atoms with Gasteiger partial charge in [-0.05, 0) is 22.6 Å². The van der Waals surface area contributed by atoms with Crippen LogP contribution in [0.4, 0.5) is 8.78 Å². The lowest BCUT2D eigenvalue weighted by molar-refractivity contribution is 0.146. The van der Waals surface area contributed by atoms with E-state index >= 15 is 0 Å². The Hall–Kier alpha value is -0.0100. The summed E-state index contributed by atoms with van der Waals surface area (Å²) in [4.78, 5) is 3.66. The van der Waals surface area contributed by atoms with Crippen molar-refractivity contribution in [1.82, 2.24) is 4.98 Å². The molecule has 2 nitrogen and oxygen atoms in total. The van der Waals surface area contributed by atoms with Crippen LogP contribution in [0, 0.1) is 3.57 Å². The average molecular weight is 319 g/mol. The summed E-state index contributed by atoms with van der Waals surface area (Å²) in [6, 6.07) is 0. The molecule has 13 heavy (non-hydrogen) atoms. The van der Waals surface area contributed by atoms with E-state index in [1.165, 1.54) is 0 Å². The number of aliphatic hydroxyl groups is 1. The van der Waals surface area contributed by atoms with Gasteiger partial charge >= 0.3 is 0 Å². The van der Waals surface area contributed by atoms with Crippen molar-refractivity contribution in [1.29, 1.82) is 0 Å². The zero-order chi connectivity index (χ0) is 10.0. The van der Waals surface area contributed by atoms with Gasteiger partial charge in [-0.15, -0.1) is 0 Å². The molecule has 0 atom stereocenters. The van der Waals surface area contributed by atoms with E-state index in [4.69, 9.17) is 16.7 Å². The number of halogens is 4. The Labute approximate surface area is 92.1 Å². The Morgan fingerprint density at radius 3 is 2.69 bits per heavy atom. The van der Waals surface area contributed by atoms with Gasteiger partial charge in [-0.2, -0.15) is 0 Å². The predicted molar refractivity (Wildman–Crippen MR) is 52.8 cm³/mol. The molecule has 0 fully saturated rings. The second-order valence-electron chi connectivity index (χ2n) is 2.26.